The molecule has 3 aromatic rings. The Morgan fingerprint density at radius 3 is 2.32 bits per heavy atom. The van der Waals surface area contributed by atoms with Gasteiger partial charge in [-0.3, -0.25) is 9.59 Å². The number of benzene rings is 2. The quantitative estimate of drug-likeness (QED) is 0.611. The Morgan fingerprint density at radius 2 is 1.64 bits per heavy atom. The van der Waals surface area contributed by atoms with Gasteiger partial charge in [0.1, 0.15) is 0 Å². The van der Waals surface area contributed by atoms with Gasteiger partial charge in [-0.15, -0.1) is 10.2 Å². The SMILES string of the molecule is CC(=O)Nc1cccc(Nc2ccc(C(=O)NC(C)c3ccccc3)nn2)c1. The van der Waals surface area contributed by atoms with Crippen molar-refractivity contribution in [3.05, 3.63) is 78.0 Å². The molecule has 3 N–H and O–H groups in total. The van der Waals surface area contributed by atoms with E-state index in [4.69, 9.17) is 0 Å². The Hall–Kier alpha value is -3.74. The van der Waals surface area contributed by atoms with Gasteiger partial charge in [0.25, 0.3) is 5.91 Å². The molecule has 7 nitrogen and oxygen atoms in total. The first-order valence-corrected chi connectivity index (χ1v) is 8.85. The number of nitrogens with zero attached hydrogens (tertiary/aromatic N) is 2. The van der Waals surface area contributed by atoms with E-state index in [1.807, 2.05) is 49.4 Å². The summed E-state index contributed by atoms with van der Waals surface area (Å²) in [6.45, 7) is 3.37. The molecule has 3 rings (SSSR count). The van der Waals surface area contributed by atoms with Crippen LogP contribution in [-0.4, -0.2) is 22.0 Å². The average molecular weight is 375 g/mol. The van der Waals surface area contributed by atoms with Crippen LogP contribution in [0.4, 0.5) is 17.2 Å². The Kier molecular flexibility index (Phi) is 5.96. The smallest absolute Gasteiger partial charge is 0.272 e. The van der Waals surface area contributed by atoms with Gasteiger partial charge in [-0.1, -0.05) is 36.4 Å². The first-order chi connectivity index (χ1) is 13.5. The summed E-state index contributed by atoms with van der Waals surface area (Å²) in [5, 5.41) is 16.8. The minimum absolute atomic E-state index is 0.134. The predicted molar refractivity (Wildman–Crippen MR) is 108 cm³/mol. The van der Waals surface area contributed by atoms with Crippen molar-refractivity contribution in [3.8, 4) is 0 Å². The van der Waals surface area contributed by atoms with Gasteiger partial charge in [-0.2, -0.15) is 0 Å². The monoisotopic (exact) mass is 375 g/mol. The van der Waals surface area contributed by atoms with Crippen molar-refractivity contribution in [3.63, 3.8) is 0 Å². The first-order valence-electron chi connectivity index (χ1n) is 8.85. The number of carbonyl (C=O) groups is 2. The van der Waals surface area contributed by atoms with E-state index in [2.05, 4.69) is 26.1 Å². The number of aromatic nitrogens is 2. The Balaban J connectivity index is 1.63. The third kappa shape index (κ3) is 5.14. The molecule has 0 fully saturated rings. The van der Waals surface area contributed by atoms with Gasteiger partial charge >= 0.3 is 0 Å². The largest absolute Gasteiger partial charge is 0.344 e. The van der Waals surface area contributed by atoms with Crippen LogP contribution >= 0.6 is 0 Å². The third-order valence-electron chi connectivity index (χ3n) is 4.00. The van der Waals surface area contributed by atoms with Crippen molar-refractivity contribution in [1.82, 2.24) is 15.5 Å². The fraction of sp³-hybridized carbons (Fsp3) is 0.143. The summed E-state index contributed by atoms with van der Waals surface area (Å²) in [6.07, 6.45) is 0. The maximum absolute atomic E-state index is 12.4. The van der Waals surface area contributed by atoms with E-state index in [1.165, 1.54) is 6.92 Å². The molecule has 0 aliphatic carbocycles. The molecule has 0 bridgehead atoms. The zero-order valence-electron chi connectivity index (χ0n) is 15.6. The molecule has 0 spiro atoms. The topological polar surface area (TPSA) is 96.0 Å². The molecule has 0 radical (unpaired) electrons. The number of rotatable bonds is 6. The van der Waals surface area contributed by atoms with E-state index < -0.39 is 0 Å². The lowest BCUT2D eigenvalue weighted by Gasteiger charge is -2.14. The van der Waals surface area contributed by atoms with Crippen LogP contribution in [0, 0.1) is 0 Å². The second-order valence-electron chi connectivity index (χ2n) is 6.30. The second kappa shape index (κ2) is 8.77. The molecule has 0 saturated carbocycles. The van der Waals surface area contributed by atoms with Crippen molar-refractivity contribution in [2.24, 2.45) is 0 Å². The van der Waals surface area contributed by atoms with Crippen LogP contribution in [0.3, 0.4) is 0 Å². The molecule has 2 amide bonds. The molecule has 0 aliphatic heterocycles. The highest BCUT2D eigenvalue weighted by molar-refractivity contribution is 5.92. The zero-order chi connectivity index (χ0) is 19.9. The fourth-order valence-corrected chi connectivity index (χ4v) is 2.64. The molecule has 142 valence electrons. The molecule has 7 heteroatoms. The van der Waals surface area contributed by atoms with Gasteiger partial charge in [-0.25, -0.2) is 0 Å². The van der Waals surface area contributed by atoms with Gasteiger partial charge in [0.2, 0.25) is 5.91 Å². The van der Waals surface area contributed by atoms with Crippen LogP contribution in [0.2, 0.25) is 0 Å². The number of nitrogens with one attached hydrogen (secondary N) is 3. The maximum atomic E-state index is 12.4. The minimum Gasteiger partial charge on any atom is -0.344 e. The van der Waals surface area contributed by atoms with Crippen molar-refractivity contribution >= 4 is 29.0 Å². The first kappa shape index (κ1) is 19.0. The van der Waals surface area contributed by atoms with Gasteiger partial charge in [0, 0.05) is 18.3 Å². The molecule has 1 atom stereocenters. The van der Waals surface area contributed by atoms with Crippen LogP contribution in [0.5, 0.6) is 0 Å². The summed E-state index contributed by atoms with van der Waals surface area (Å²) in [4.78, 5) is 23.5. The predicted octanol–water partition coefficient (Wildman–Crippen LogP) is 3.67. The molecular weight excluding hydrogens is 354 g/mol. The van der Waals surface area contributed by atoms with Crippen LogP contribution in [-0.2, 0) is 4.79 Å². The van der Waals surface area contributed by atoms with Crippen molar-refractivity contribution in [2.75, 3.05) is 10.6 Å². The molecule has 28 heavy (non-hydrogen) atoms. The highest BCUT2D eigenvalue weighted by atomic mass is 16.2. The van der Waals surface area contributed by atoms with Gasteiger partial charge in [-0.05, 0) is 42.8 Å². The lowest BCUT2D eigenvalue weighted by molar-refractivity contribution is -0.114. The van der Waals surface area contributed by atoms with Crippen LogP contribution in [0.25, 0.3) is 0 Å². The standard InChI is InChI=1S/C21H21N5O2/c1-14(16-7-4-3-5-8-16)22-21(28)19-11-12-20(26-25-19)24-18-10-6-9-17(13-18)23-15(2)27/h3-14H,1-2H3,(H,22,28)(H,23,27)(H,24,26). The summed E-state index contributed by atoms with van der Waals surface area (Å²) in [5.41, 5.74) is 2.67. The molecule has 2 aromatic carbocycles. The number of anilines is 3. The molecule has 1 aromatic heterocycles. The number of amides is 2. The van der Waals surface area contributed by atoms with Crippen molar-refractivity contribution in [2.45, 2.75) is 19.9 Å². The lowest BCUT2D eigenvalue weighted by Crippen LogP contribution is -2.27. The van der Waals surface area contributed by atoms with Gasteiger partial charge in [0.05, 0.1) is 6.04 Å². The fourth-order valence-electron chi connectivity index (χ4n) is 2.64. The van der Waals surface area contributed by atoms with E-state index in [9.17, 15) is 9.59 Å². The van der Waals surface area contributed by atoms with Gasteiger partial charge < -0.3 is 16.0 Å². The van der Waals surface area contributed by atoms with Crippen LogP contribution in [0.15, 0.2) is 66.7 Å². The van der Waals surface area contributed by atoms with E-state index in [0.717, 1.165) is 11.3 Å². The van der Waals surface area contributed by atoms with Gasteiger partial charge in [0.15, 0.2) is 11.5 Å². The lowest BCUT2D eigenvalue weighted by atomic mass is 10.1. The summed E-state index contributed by atoms with van der Waals surface area (Å²) in [7, 11) is 0. The Bertz CT molecular complexity index is 958. The van der Waals surface area contributed by atoms with E-state index in [-0.39, 0.29) is 23.6 Å². The van der Waals surface area contributed by atoms with E-state index >= 15 is 0 Å². The van der Waals surface area contributed by atoms with E-state index in [0.29, 0.717) is 11.5 Å². The number of hydrogen-bond acceptors (Lipinski definition) is 5. The summed E-state index contributed by atoms with van der Waals surface area (Å²) >= 11 is 0. The molecular formula is C21H21N5O2. The minimum atomic E-state index is -0.289. The number of hydrogen-bond donors (Lipinski definition) is 3. The normalized spacial score (nSPS) is 11.4. The summed E-state index contributed by atoms with van der Waals surface area (Å²) in [6, 6.07) is 20.1. The van der Waals surface area contributed by atoms with Crippen LogP contribution < -0.4 is 16.0 Å². The number of carbonyl (C=O) groups excluding carboxylic acids is 2. The van der Waals surface area contributed by atoms with Crippen LogP contribution in [0.1, 0.15) is 35.9 Å². The second-order valence-corrected chi connectivity index (χ2v) is 6.30. The van der Waals surface area contributed by atoms with E-state index in [1.54, 1.807) is 24.3 Å². The summed E-state index contributed by atoms with van der Waals surface area (Å²) < 4.78 is 0. The average Bonchev–Trinajstić information content (AvgIpc) is 2.69. The molecule has 1 unspecified atom stereocenters. The third-order valence-corrected chi connectivity index (χ3v) is 4.00. The highest BCUT2D eigenvalue weighted by Gasteiger charge is 2.13. The molecule has 1 heterocycles. The van der Waals surface area contributed by atoms with Crippen molar-refractivity contribution in [1.29, 1.82) is 0 Å². The summed E-state index contributed by atoms with van der Waals surface area (Å²) in [5.74, 6) is 0.0627. The highest BCUT2D eigenvalue weighted by Crippen LogP contribution is 2.19. The molecule has 0 aliphatic rings. The Morgan fingerprint density at radius 1 is 0.893 bits per heavy atom. The zero-order valence-corrected chi connectivity index (χ0v) is 15.6. The Labute approximate surface area is 163 Å². The maximum Gasteiger partial charge on any atom is 0.272 e. The van der Waals surface area contributed by atoms with Crippen molar-refractivity contribution < 1.29 is 9.59 Å². The molecule has 0 saturated heterocycles.